The molecule has 0 fully saturated rings. The summed E-state index contributed by atoms with van der Waals surface area (Å²) in [6.07, 6.45) is 2.32. The van der Waals surface area contributed by atoms with Crippen molar-refractivity contribution < 1.29 is 4.79 Å². The van der Waals surface area contributed by atoms with Gasteiger partial charge in [-0.2, -0.15) is 0 Å². The minimum absolute atomic E-state index is 0.0956. The average Bonchev–Trinajstić information content (AvgIpc) is 2.91. The monoisotopic (exact) mass is 434 g/mol. The van der Waals surface area contributed by atoms with Crippen LogP contribution in [0.4, 0.5) is 5.82 Å². The molecule has 0 aliphatic heterocycles. The molecule has 2 heterocycles. The molecule has 2 rings (SSSR count). The lowest BCUT2D eigenvalue weighted by atomic mass is 10.3. The highest BCUT2D eigenvalue weighted by Crippen LogP contribution is 2.15. The van der Waals surface area contributed by atoms with Crippen molar-refractivity contribution in [2.75, 3.05) is 25.5 Å². The summed E-state index contributed by atoms with van der Waals surface area (Å²) >= 11 is 3.50. The van der Waals surface area contributed by atoms with Gasteiger partial charge < -0.3 is 20.1 Å². The summed E-state index contributed by atoms with van der Waals surface area (Å²) in [5, 5.41) is 6.08. The summed E-state index contributed by atoms with van der Waals surface area (Å²) in [5.41, 5.74) is 2.03. The van der Waals surface area contributed by atoms with Crippen LogP contribution in [0.1, 0.15) is 24.7 Å². The molecule has 0 spiro atoms. The zero-order valence-corrected chi connectivity index (χ0v) is 17.9. The van der Waals surface area contributed by atoms with Gasteiger partial charge >= 0.3 is 0 Å². The highest BCUT2D eigenvalue weighted by atomic mass is 79.9. The Morgan fingerprint density at radius 1 is 1.41 bits per heavy atom. The number of aryl methyl sites for hydroxylation is 2. The molecule has 2 N–H and O–H groups in total. The summed E-state index contributed by atoms with van der Waals surface area (Å²) in [6, 6.07) is 7.63. The van der Waals surface area contributed by atoms with Crippen LogP contribution < -0.4 is 10.6 Å². The van der Waals surface area contributed by atoms with E-state index in [-0.39, 0.29) is 5.91 Å². The van der Waals surface area contributed by atoms with Crippen molar-refractivity contribution in [2.45, 2.75) is 26.8 Å². The number of halogens is 1. The van der Waals surface area contributed by atoms with Gasteiger partial charge in [-0.1, -0.05) is 6.07 Å². The number of amides is 1. The summed E-state index contributed by atoms with van der Waals surface area (Å²) in [7, 11) is 4.00. The maximum Gasteiger partial charge on any atom is 0.227 e. The molecule has 27 heavy (non-hydrogen) atoms. The van der Waals surface area contributed by atoms with E-state index in [9.17, 15) is 4.79 Å². The molecule has 146 valence electrons. The Morgan fingerprint density at radius 3 is 2.81 bits per heavy atom. The molecule has 2 aromatic heterocycles. The molecule has 0 atom stereocenters. The molecule has 0 saturated carbocycles. The first-order valence-corrected chi connectivity index (χ1v) is 9.72. The predicted molar refractivity (Wildman–Crippen MR) is 113 cm³/mol. The molecule has 2 aromatic rings. The van der Waals surface area contributed by atoms with Crippen LogP contribution in [0.2, 0.25) is 0 Å². The first-order valence-electron chi connectivity index (χ1n) is 8.92. The van der Waals surface area contributed by atoms with Gasteiger partial charge in [0.05, 0.1) is 13.1 Å². The van der Waals surface area contributed by atoms with Crippen molar-refractivity contribution in [1.82, 2.24) is 19.8 Å². The van der Waals surface area contributed by atoms with E-state index < -0.39 is 0 Å². The lowest BCUT2D eigenvalue weighted by Gasteiger charge is -2.22. The van der Waals surface area contributed by atoms with E-state index in [0.29, 0.717) is 25.3 Å². The number of aliphatic imine (C=N–C) groups is 1. The second-order valence-corrected chi connectivity index (χ2v) is 7.23. The Kier molecular flexibility index (Phi) is 7.84. The fraction of sp³-hybridized carbons (Fsp3) is 0.421. The Balaban J connectivity index is 1.91. The maximum absolute atomic E-state index is 12.1. The van der Waals surface area contributed by atoms with Crippen LogP contribution in [0.15, 0.2) is 39.9 Å². The molecular formula is C19H27BrN6O. The number of nitrogens with one attached hydrogen (secondary N) is 2. The summed E-state index contributed by atoms with van der Waals surface area (Å²) in [5.74, 6) is 1.25. The Bertz CT molecular complexity index is 801. The summed E-state index contributed by atoms with van der Waals surface area (Å²) < 4.78 is 3.13. The third-order valence-electron chi connectivity index (χ3n) is 3.93. The first kappa shape index (κ1) is 21.0. The molecular weight excluding hydrogens is 408 g/mol. The zero-order valence-electron chi connectivity index (χ0n) is 16.3. The zero-order chi connectivity index (χ0) is 19.8. The normalized spacial score (nSPS) is 11.4. The number of nitrogens with zero attached hydrogens (tertiary/aromatic N) is 4. The first-order chi connectivity index (χ1) is 12.9. The van der Waals surface area contributed by atoms with E-state index in [0.717, 1.165) is 22.7 Å². The topological polar surface area (TPSA) is 74.5 Å². The van der Waals surface area contributed by atoms with Crippen LogP contribution in [0, 0.1) is 6.92 Å². The number of anilines is 1. The average molecular weight is 435 g/mol. The van der Waals surface area contributed by atoms with Crippen molar-refractivity contribution in [3.63, 3.8) is 0 Å². The van der Waals surface area contributed by atoms with Crippen LogP contribution in [0.3, 0.4) is 0 Å². The van der Waals surface area contributed by atoms with Crippen molar-refractivity contribution in [3.05, 3.63) is 46.3 Å². The number of rotatable bonds is 7. The van der Waals surface area contributed by atoms with Gasteiger partial charge in [0.25, 0.3) is 0 Å². The van der Waals surface area contributed by atoms with Crippen LogP contribution in [0.5, 0.6) is 0 Å². The number of pyridine rings is 1. The molecule has 7 nitrogen and oxygen atoms in total. The Morgan fingerprint density at radius 2 is 2.19 bits per heavy atom. The van der Waals surface area contributed by atoms with E-state index in [1.54, 1.807) is 6.07 Å². The van der Waals surface area contributed by atoms with Gasteiger partial charge in [-0.25, -0.2) is 4.98 Å². The van der Waals surface area contributed by atoms with E-state index >= 15 is 0 Å². The lowest BCUT2D eigenvalue weighted by molar-refractivity contribution is -0.116. The van der Waals surface area contributed by atoms with E-state index in [2.05, 4.69) is 47.2 Å². The maximum atomic E-state index is 12.1. The van der Waals surface area contributed by atoms with Gasteiger partial charge in [0, 0.05) is 49.1 Å². The number of guanidine groups is 1. The van der Waals surface area contributed by atoms with Gasteiger partial charge in [-0.15, -0.1) is 0 Å². The number of aromatic nitrogens is 2. The Hall–Kier alpha value is -2.35. The van der Waals surface area contributed by atoms with Gasteiger partial charge in [0.15, 0.2) is 5.96 Å². The summed E-state index contributed by atoms with van der Waals surface area (Å²) in [6.45, 7) is 5.80. The molecule has 0 aliphatic rings. The van der Waals surface area contributed by atoms with Crippen LogP contribution in [-0.4, -0.2) is 46.5 Å². The second kappa shape index (κ2) is 10.1. The second-order valence-electron chi connectivity index (χ2n) is 6.31. The molecule has 0 radical (unpaired) electrons. The molecule has 0 aromatic carbocycles. The fourth-order valence-electron chi connectivity index (χ4n) is 2.59. The number of carbonyl (C=O) groups is 1. The van der Waals surface area contributed by atoms with Crippen molar-refractivity contribution in [3.8, 4) is 0 Å². The number of carbonyl (C=O) groups excluding carboxylic acids is 1. The SMILES string of the molecule is CCNC(=NCCC(=O)Nc1cccc(C)n1)N(C)Cc1cc(Br)cn1C. The largest absolute Gasteiger partial charge is 0.357 e. The summed E-state index contributed by atoms with van der Waals surface area (Å²) in [4.78, 5) is 23.0. The Labute approximate surface area is 169 Å². The highest BCUT2D eigenvalue weighted by Gasteiger charge is 2.10. The fourth-order valence-corrected chi connectivity index (χ4v) is 3.16. The van der Waals surface area contributed by atoms with E-state index in [1.165, 1.54) is 5.69 Å². The van der Waals surface area contributed by atoms with Gasteiger partial charge in [0.2, 0.25) is 5.91 Å². The van der Waals surface area contributed by atoms with Gasteiger partial charge in [0.1, 0.15) is 5.82 Å². The smallest absolute Gasteiger partial charge is 0.227 e. The number of hydrogen-bond donors (Lipinski definition) is 2. The van der Waals surface area contributed by atoms with Crippen molar-refractivity contribution in [2.24, 2.45) is 12.0 Å². The minimum Gasteiger partial charge on any atom is -0.357 e. The van der Waals surface area contributed by atoms with Gasteiger partial charge in [-0.3, -0.25) is 9.79 Å². The highest BCUT2D eigenvalue weighted by molar-refractivity contribution is 9.10. The molecule has 0 saturated heterocycles. The van der Waals surface area contributed by atoms with Crippen LogP contribution >= 0.6 is 15.9 Å². The standard InChI is InChI=1S/C19H27BrN6O/c1-5-21-19(26(4)13-16-11-15(20)12-25(16)3)22-10-9-18(27)24-17-8-6-7-14(2)23-17/h6-8,11-12H,5,9-10,13H2,1-4H3,(H,21,22)(H,23,24,27). The van der Waals surface area contributed by atoms with E-state index in [1.807, 2.05) is 51.2 Å². The van der Waals surface area contributed by atoms with Crippen LogP contribution in [-0.2, 0) is 18.4 Å². The third-order valence-corrected chi connectivity index (χ3v) is 4.36. The predicted octanol–water partition coefficient (Wildman–Crippen LogP) is 2.92. The lowest BCUT2D eigenvalue weighted by Crippen LogP contribution is -2.39. The molecule has 0 aliphatic carbocycles. The molecule has 8 heteroatoms. The quantitative estimate of drug-likeness (QED) is 0.518. The van der Waals surface area contributed by atoms with E-state index in [4.69, 9.17) is 0 Å². The molecule has 1 amide bonds. The third kappa shape index (κ3) is 6.71. The van der Waals surface area contributed by atoms with Gasteiger partial charge in [-0.05, 0) is 48.0 Å². The number of hydrogen-bond acceptors (Lipinski definition) is 3. The van der Waals surface area contributed by atoms with Crippen molar-refractivity contribution in [1.29, 1.82) is 0 Å². The molecule has 0 unspecified atom stereocenters. The molecule has 0 bridgehead atoms. The van der Waals surface area contributed by atoms with Crippen molar-refractivity contribution >= 4 is 33.6 Å². The van der Waals surface area contributed by atoms with Crippen LogP contribution in [0.25, 0.3) is 0 Å². The minimum atomic E-state index is -0.0956.